The van der Waals surface area contributed by atoms with Gasteiger partial charge < -0.3 is 5.73 Å². The molecule has 0 radical (unpaired) electrons. The lowest BCUT2D eigenvalue weighted by molar-refractivity contribution is 0.646. The van der Waals surface area contributed by atoms with Crippen molar-refractivity contribution in [1.82, 2.24) is 9.78 Å². The third-order valence-electron chi connectivity index (χ3n) is 4.31. The van der Waals surface area contributed by atoms with Crippen molar-refractivity contribution in [3.05, 3.63) is 46.3 Å². The molecule has 1 aromatic carbocycles. The van der Waals surface area contributed by atoms with E-state index in [1.165, 1.54) is 28.1 Å². The molecular weight excluding hydrogens is 258 g/mol. The van der Waals surface area contributed by atoms with E-state index in [1.807, 2.05) is 0 Å². The summed E-state index contributed by atoms with van der Waals surface area (Å²) in [6.45, 7) is 10.7. The van der Waals surface area contributed by atoms with E-state index in [4.69, 9.17) is 10.8 Å². The van der Waals surface area contributed by atoms with E-state index >= 15 is 0 Å². The van der Waals surface area contributed by atoms with Gasteiger partial charge in [0.25, 0.3) is 0 Å². The third kappa shape index (κ3) is 3.18. The van der Waals surface area contributed by atoms with Gasteiger partial charge in [-0.2, -0.15) is 5.10 Å². The van der Waals surface area contributed by atoms with Gasteiger partial charge in [-0.05, 0) is 62.8 Å². The number of aromatic nitrogens is 2. The predicted molar refractivity (Wildman–Crippen MR) is 89.1 cm³/mol. The molecule has 114 valence electrons. The van der Waals surface area contributed by atoms with E-state index in [9.17, 15) is 0 Å². The van der Waals surface area contributed by atoms with Crippen molar-refractivity contribution in [3.8, 4) is 5.69 Å². The number of rotatable bonds is 5. The molecule has 2 N–H and O–H groups in total. The summed E-state index contributed by atoms with van der Waals surface area (Å²) in [7, 11) is 0. The molecule has 0 aliphatic heterocycles. The summed E-state index contributed by atoms with van der Waals surface area (Å²) in [4.78, 5) is 0. The monoisotopic (exact) mass is 285 g/mol. The molecule has 0 saturated carbocycles. The van der Waals surface area contributed by atoms with Crippen molar-refractivity contribution in [2.45, 2.75) is 59.9 Å². The molecule has 2 aromatic rings. The zero-order valence-electron chi connectivity index (χ0n) is 13.9. The molecule has 3 nitrogen and oxygen atoms in total. The lowest BCUT2D eigenvalue weighted by Gasteiger charge is -2.13. The van der Waals surface area contributed by atoms with Gasteiger partial charge in [0.15, 0.2) is 0 Å². The van der Waals surface area contributed by atoms with Crippen LogP contribution in [0.15, 0.2) is 18.2 Å². The smallest absolute Gasteiger partial charge is 0.0678 e. The quantitative estimate of drug-likeness (QED) is 0.911. The van der Waals surface area contributed by atoms with E-state index in [2.05, 4.69) is 57.5 Å². The van der Waals surface area contributed by atoms with Gasteiger partial charge in [-0.3, -0.25) is 0 Å². The fraction of sp³-hybridized carbons (Fsp3) is 0.500. The number of hydrogen-bond acceptors (Lipinski definition) is 2. The standard InChI is InChI=1S/C18H27N3/c1-6-16(19)11-15-8-9-18(12(3)10-15)21-14(5)17(7-2)13(4)20-21/h8-10,16H,6-7,11,19H2,1-5H3. The summed E-state index contributed by atoms with van der Waals surface area (Å²) in [6.07, 6.45) is 2.98. The second-order valence-corrected chi connectivity index (χ2v) is 5.91. The first kappa shape index (κ1) is 15.8. The van der Waals surface area contributed by atoms with Gasteiger partial charge in [-0.1, -0.05) is 26.0 Å². The number of benzene rings is 1. The Bertz CT molecular complexity index is 626. The van der Waals surface area contributed by atoms with Crippen LogP contribution in [-0.2, 0) is 12.8 Å². The van der Waals surface area contributed by atoms with E-state index in [0.29, 0.717) is 0 Å². The summed E-state index contributed by atoms with van der Waals surface area (Å²) in [5.74, 6) is 0. The summed E-state index contributed by atoms with van der Waals surface area (Å²) in [6, 6.07) is 6.84. The zero-order chi connectivity index (χ0) is 15.6. The Labute approximate surface area is 128 Å². The van der Waals surface area contributed by atoms with Crippen molar-refractivity contribution in [2.75, 3.05) is 0 Å². The van der Waals surface area contributed by atoms with Crippen LogP contribution in [0.25, 0.3) is 5.69 Å². The predicted octanol–water partition coefficient (Wildman–Crippen LogP) is 3.64. The Morgan fingerprint density at radius 2 is 1.90 bits per heavy atom. The van der Waals surface area contributed by atoms with Gasteiger partial charge >= 0.3 is 0 Å². The highest BCUT2D eigenvalue weighted by Gasteiger charge is 2.13. The van der Waals surface area contributed by atoms with E-state index in [1.54, 1.807) is 0 Å². The molecule has 1 aromatic heterocycles. The molecule has 3 heteroatoms. The van der Waals surface area contributed by atoms with E-state index in [0.717, 1.165) is 25.0 Å². The zero-order valence-corrected chi connectivity index (χ0v) is 13.9. The molecule has 1 atom stereocenters. The molecular formula is C18H27N3. The third-order valence-corrected chi connectivity index (χ3v) is 4.31. The first-order chi connectivity index (χ1) is 9.97. The van der Waals surface area contributed by atoms with Crippen molar-refractivity contribution in [1.29, 1.82) is 0 Å². The summed E-state index contributed by atoms with van der Waals surface area (Å²) in [5, 5.41) is 4.71. The maximum Gasteiger partial charge on any atom is 0.0678 e. The first-order valence-electron chi connectivity index (χ1n) is 7.88. The van der Waals surface area contributed by atoms with Crippen LogP contribution in [0.4, 0.5) is 0 Å². The summed E-state index contributed by atoms with van der Waals surface area (Å²) < 4.78 is 2.08. The average Bonchev–Trinajstić information content (AvgIpc) is 2.73. The van der Waals surface area contributed by atoms with Gasteiger partial charge in [0.1, 0.15) is 0 Å². The molecule has 0 aliphatic carbocycles. The van der Waals surface area contributed by atoms with E-state index < -0.39 is 0 Å². The molecule has 0 saturated heterocycles. The molecule has 0 fully saturated rings. The number of hydrogen-bond donors (Lipinski definition) is 1. The van der Waals surface area contributed by atoms with Crippen LogP contribution in [0.1, 0.15) is 48.3 Å². The highest BCUT2D eigenvalue weighted by atomic mass is 15.3. The van der Waals surface area contributed by atoms with E-state index in [-0.39, 0.29) is 6.04 Å². The molecule has 0 aliphatic rings. The highest BCUT2D eigenvalue weighted by molar-refractivity contribution is 5.45. The maximum atomic E-state index is 6.05. The Morgan fingerprint density at radius 1 is 1.19 bits per heavy atom. The summed E-state index contributed by atoms with van der Waals surface area (Å²) in [5.41, 5.74) is 13.5. The number of nitrogens with zero attached hydrogens (tertiary/aromatic N) is 2. The van der Waals surface area contributed by atoms with Gasteiger partial charge in [-0.25, -0.2) is 4.68 Å². The van der Waals surface area contributed by atoms with Crippen LogP contribution < -0.4 is 5.73 Å². The first-order valence-corrected chi connectivity index (χ1v) is 7.88. The lowest BCUT2D eigenvalue weighted by atomic mass is 10.0. The fourth-order valence-electron chi connectivity index (χ4n) is 2.95. The Kier molecular flexibility index (Phi) is 4.84. The average molecular weight is 285 g/mol. The maximum absolute atomic E-state index is 6.05. The molecule has 1 heterocycles. The van der Waals surface area contributed by atoms with Gasteiger partial charge in [0.05, 0.1) is 11.4 Å². The minimum atomic E-state index is 0.246. The topological polar surface area (TPSA) is 43.8 Å². The molecule has 0 bridgehead atoms. The molecule has 0 amide bonds. The van der Waals surface area contributed by atoms with Crippen LogP contribution in [0.3, 0.4) is 0 Å². The second-order valence-electron chi connectivity index (χ2n) is 5.91. The summed E-state index contributed by atoms with van der Waals surface area (Å²) >= 11 is 0. The number of nitrogens with two attached hydrogens (primary N) is 1. The SMILES string of the molecule is CCc1c(C)nn(-c2ccc(CC(N)CC)cc2C)c1C. The Hall–Kier alpha value is -1.61. The van der Waals surface area contributed by atoms with Crippen LogP contribution >= 0.6 is 0 Å². The highest BCUT2D eigenvalue weighted by Crippen LogP contribution is 2.22. The fourth-order valence-corrected chi connectivity index (χ4v) is 2.95. The molecule has 2 rings (SSSR count). The Morgan fingerprint density at radius 3 is 2.43 bits per heavy atom. The Balaban J connectivity index is 2.37. The van der Waals surface area contributed by atoms with Gasteiger partial charge in [-0.15, -0.1) is 0 Å². The van der Waals surface area contributed by atoms with Crippen molar-refractivity contribution in [3.63, 3.8) is 0 Å². The lowest BCUT2D eigenvalue weighted by Crippen LogP contribution is -2.21. The molecule has 21 heavy (non-hydrogen) atoms. The minimum absolute atomic E-state index is 0.246. The normalized spacial score (nSPS) is 12.7. The van der Waals surface area contributed by atoms with Gasteiger partial charge in [0.2, 0.25) is 0 Å². The van der Waals surface area contributed by atoms with Crippen LogP contribution in [0, 0.1) is 20.8 Å². The minimum Gasteiger partial charge on any atom is -0.327 e. The van der Waals surface area contributed by atoms with Crippen molar-refractivity contribution >= 4 is 0 Å². The van der Waals surface area contributed by atoms with Crippen molar-refractivity contribution < 1.29 is 0 Å². The molecule has 0 spiro atoms. The largest absolute Gasteiger partial charge is 0.327 e. The van der Waals surface area contributed by atoms with Gasteiger partial charge in [0, 0.05) is 11.7 Å². The molecule has 1 unspecified atom stereocenters. The van der Waals surface area contributed by atoms with Crippen molar-refractivity contribution in [2.24, 2.45) is 5.73 Å². The van der Waals surface area contributed by atoms with Crippen LogP contribution in [0.2, 0.25) is 0 Å². The van der Waals surface area contributed by atoms with Crippen LogP contribution in [0.5, 0.6) is 0 Å². The van der Waals surface area contributed by atoms with Crippen LogP contribution in [-0.4, -0.2) is 15.8 Å². The second kappa shape index (κ2) is 6.44. The number of aryl methyl sites for hydroxylation is 2.